The molecule has 1 saturated heterocycles. The van der Waals surface area contributed by atoms with Crippen molar-refractivity contribution in [3.8, 4) is 0 Å². The van der Waals surface area contributed by atoms with Crippen molar-refractivity contribution in [2.24, 2.45) is 5.92 Å². The summed E-state index contributed by atoms with van der Waals surface area (Å²) < 4.78 is 25.1. The molecule has 0 aromatic heterocycles. The average Bonchev–Trinajstić information content (AvgIpc) is 2.31. The average molecular weight is 315 g/mol. The second-order valence-corrected chi connectivity index (χ2v) is 7.85. The van der Waals surface area contributed by atoms with Crippen LogP contribution >= 0.6 is 22.9 Å². The molecular formula is C8H14INO2S. The van der Waals surface area contributed by atoms with Gasteiger partial charge >= 0.3 is 0 Å². The number of rotatable bonds is 0. The minimum atomic E-state index is -2.93. The van der Waals surface area contributed by atoms with Crippen molar-refractivity contribution in [1.29, 1.82) is 0 Å². The van der Waals surface area contributed by atoms with E-state index < -0.39 is 10.0 Å². The number of hydrogen-bond donors (Lipinski definition) is 0. The van der Waals surface area contributed by atoms with Crippen LogP contribution in [-0.4, -0.2) is 22.7 Å². The quantitative estimate of drug-likeness (QED) is 0.506. The molecule has 0 spiro atoms. The summed E-state index contributed by atoms with van der Waals surface area (Å²) in [5.41, 5.74) is 0. The lowest BCUT2D eigenvalue weighted by atomic mass is 10.0. The molecule has 0 aromatic rings. The lowest BCUT2D eigenvalue weighted by Gasteiger charge is -2.12. The number of fused-ring (bicyclic) bond motifs is 1. The fourth-order valence-electron chi connectivity index (χ4n) is 2.39. The maximum Gasteiger partial charge on any atom is 0.225 e. The number of halogens is 1. The Morgan fingerprint density at radius 1 is 1.15 bits per heavy atom. The van der Waals surface area contributed by atoms with Crippen LogP contribution in [0.4, 0.5) is 0 Å². The molecule has 0 bridgehead atoms. The summed E-state index contributed by atoms with van der Waals surface area (Å²) in [4.78, 5) is 0. The SMILES string of the molecule is O=S1(=O)C2CCCCCC2CN1I. The molecule has 3 nitrogen and oxygen atoms in total. The third kappa shape index (κ3) is 1.74. The summed E-state index contributed by atoms with van der Waals surface area (Å²) in [6.45, 7) is 0.744. The van der Waals surface area contributed by atoms with Gasteiger partial charge in [0.2, 0.25) is 10.0 Å². The molecule has 2 unspecified atom stereocenters. The molecule has 2 rings (SSSR count). The maximum absolute atomic E-state index is 11.8. The first-order valence-corrected chi connectivity index (χ1v) is 7.26. The normalized spacial score (nSPS) is 39.8. The smallest absolute Gasteiger partial charge is 0.211 e. The first-order valence-electron chi connectivity index (χ1n) is 4.79. The van der Waals surface area contributed by atoms with Gasteiger partial charge in [-0.25, -0.2) is 8.42 Å². The van der Waals surface area contributed by atoms with Crippen molar-refractivity contribution >= 4 is 32.9 Å². The van der Waals surface area contributed by atoms with Gasteiger partial charge < -0.3 is 0 Å². The molecule has 0 N–H and O–H groups in total. The van der Waals surface area contributed by atoms with Crippen molar-refractivity contribution in [3.63, 3.8) is 0 Å². The van der Waals surface area contributed by atoms with E-state index in [-0.39, 0.29) is 5.25 Å². The first kappa shape index (κ1) is 10.2. The van der Waals surface area contributed by atoms with Crippen molar-refractivity contribution < 1.29 is 8.42 Å². The van der Waals surface area contributed by atoms with E-state index >= 15 is 0 Å². The van der Waals surface area contributed by atoms with E-state index in [1.807, 2.05) is 22.9 Å². The van der Waals surface area contributed by atoms with Crippen molar-refractivity contribution in [3.05, 3.63) is 0 Å². The zero-order valence-electron chi connectivity index (χ0n) is 7.45. The zero-order valence-corrected chi connectivity index (χ0v) is 10.4. The fourth-order valence-corrected chi connectivity index (χ4v) is 5.64. The van der Waals surface area contributed by atoms with Crippen LogP contribution in [0.2, 0.25) is 0 Å². The van der Waals surface area contributed by atoms with Gasteiger partial charge in [0.05, 0.1) is 5.25 Å². The summed E-state index contributed by atoms with van der Waals surface area (Å²) in [6, 6.07) is 0. The predicted molar refractivity (Wildman–Crippen MR) is 60.0 cm³/mol. The molecule has 1 aliphatic carbocycles. The van der Waals surface area contributed by atoms with Crippen molar-refractivity contribution in [1.82, 2.24) is 2.52 Å². The van der Waals surface area contributed by atoms with Crippen LogP contribution in [0.25, 0.3) is 0 Å². The highest BCUT2D eigenvalue weighted by Gasteiger charge is 2.45. The Labute approximate surface area is 93.4 Å². The van der Waals surface area contributed by atoms with Gasteiger partial charge in [-0.1, -0.05) is 19.3 Å². The Bertz CT molecular complexity index is 291. The van der Waals surface area contributed by atoms with E-state index in [9.17, 15) is 8.42 Å². The highest BCUT2D eigenvalue weighted by Crippen LogP contribution is 2.38. The zero-order chi connectivity index (χ0) is 9.47. The van der Waals surface area contributed by atoms with Gasteiger partial charge in [-0.3, -0.25) is 0 Å². The second-order valence-electron chi connectivity index (χ2n) is 3.95. The fraction of sp³-hybridized carbons (Fsp3) is 1.00. The van der Waals surface area contributed by atoms with Crippen molar-refractivity contribution in [2.45, 2.75) is 37.4 Å². The Kier molecular flexibility index (Phi) is 2.86. The third-order valence-electron chi connectivity index (χ3n) is 3.13. The second kappa shape index (κ2) is 3.66. The van der Waals surface area contributed by atoms with Crippen LogP contribution in [0.1, 0.15) is 32.1 Å². The van der Waals surface area contributed by atoms with Gasteiger partial charge in [0, 0.05) is 29.4 Å². The van der Waals surface area contributed by atoms with E-state index in [4.69, 9.17) is 0 Å². The van der Waals surface area contributed by atoms with Crippen LogP contribution in [0.3, 0.4) is 0 Å². The molecule has 2 fully saturated rings. The van der Waals surface area contributed by atoms with E-state index in [0.717, 1.165) is 25.8 Å². The number of sulfonamides is 1. The number of hydrogen-bond acceptors (Lipinski definition) is 2. The molecule has 0 amide bonds. The monoisotopic (exact) mass is 315 g/mol. The van der Waals surface area contributed by atoms with Crippen LogP contribution in [0, 0.1) is 5.92 Å². The third-order valence-corrected chi connectivity index (χ3v) is 7.25. The molecule has 1 aliphatic heterocycles. The van der Waals surface area contributed by atoms with Gasteiger partial charge in [-0.15, -0.1) is 2.52 Å². The molecule has 2 atom stereocenters. The standard InChI is InChI=1S/C8H14INO2S/c9-10-6-7-4-2-1-3-5-8(7)13(10,11)12/h7-8H,1-6H2. The summed E-state index contributed by atoms with van der Waals surface area (Å²) in [6.07, 6.45) is 5.49. The molecule has 1 saturated carbocycles. The molecule has 13 heavy (non-hydrogen) atoms. The summed E-state index contributed by atoms with van der Waals surface area (Å²) >= 11 is 1.94. The first-order chi connectivity index (χ1) is 6.12. The molecule has 2 aliphatic rings. The van der Waals surface area contributed by atoms with E-state index in [1.165, 1.54) is 15.4 Å². The lowest BCUT2D eigenvalue weighted by Crippen LogP contribution is -2.23. The molecule has 0 radical (unpaired) electrons. The maximum atomic E-state index is 11.8. The van der Waals surface area contributed by atoms with Gasteiger partial charge in [-0.05, 0) is 18.8 Å². The molecule has 0 aromatic carbocycles. The highest BCUT2D eigenvalue weighted by molar-refractivity contribution is 14.1. The number of nitrogens with zero attached hydrogens (tertiary/aromatic N) is 1. The van der Waals surface area contributed by atoms with Crippen LogP contribution < -0.4 is 0 Å². The summed E-state index contributed by atoms with van der Waals surface area (Å²) in [5, 5.41) is -0.0631. The van der Waals surface area contributed by atoms with Crippen LogP contribution in [-0.2, 0) is 10.0 Å². The van der Waals surface area contributed by atoms with E-state index in [2.05, 4.69) is 0 Å². The Hall–Kier alpha value is 0.640. The van der Waals surface area contributed by atoms with Crippen molar-refractivity contribution in [2.75, 3.05) is 6.54 Å². The van der Waals surface area contributed by atoms with Gasteiger partial charge in [0.1, 0.15) is 0 Å². The van der Waals surface area contributed by atoms with Crippen LogP contribution in [0.15, 0.2) is 0 Å². The Morgan fingerprint density at radius 3 is 2.62 bits per heavy atom. The van der Waals surface area contributed by atoms with Gasteiger partial charge in [0.15, 0.2) is 0 Å². The summed E-state index contributed by atoms with van der Waals surface area (Å²) in [5.74, 6) is 0.407. The Balaban J connectivity index is 2.25. The molecule has 5 heteroatoms. The minimum Gasteiger partial charge on any atom is -0.211 e. The van der Waals surface area contributed by atoms with E-state index in [1.54, 1.807) is 0 Å². The lowest BCUT2D eigenvalue weighted by molar-refractivity contribution is 0.474. The largest absolute Gasteiger partial charge is 0.225 e. The Morgan fingerprint density at radius 2 is 1.85 bits per heavy atom. The minimum absolute atomic E-state index is 0.0631. The predicted octanol–water partition coefficient (Wildman–Crippen LogP) is 1.93. The van der Waals surface area contributed by atoms with Gasteiger partial charge in [-0.2, -0.15) is 0 Å². The topological polar surface area (TPSA) is 37.4 Å². The highest BCUT2D eigenvalue weighted by atomic mass is 127. The van der Waals surface area contributed by atoms with E-state index in [0.29, 0.717) is 5.92 Å². The molecule has 1 heterocycles. The molecular weight excluding hydrogens is 301 g/mol. The molecule has 76 valence electrons. The van der Waals surface area contributed by atoms with Crippen LogP contribution in [0.5, 0.6) is 0 Å². The summed E-state index contributed by atoms with van der Waals surface area (Å²) in [7, 11) is -2.93. The van der Waals surface area contributed by atoms with Gasteiger partial charge in [0.25, 0.3) is 0 Å².